The van der Waals surface area contributed by atoms with E-state index >= 15 is 0 Å². The highest BCUT2D eigenvalue weighted by Crippen LogP contribution is 2.32. The van der Waals surface area contributed by atoms with Crippen LogP contribution in [0.15, 0.2) is 59.8 Å². The number of hydrogen-bond acceptors (Lipinski definition) is 6. The molecule has 2 aromatic carbocycles. The van der Waals surface area contributed by atoms with E-state index in [-0.39, 0.29) is 23.0 Å². The fourth-order valence-corrected chi connectivity index (χ4v) is 5.34. The van der Waals surface area contributed by atoms with Gasteiger partial charge in [0, 0.05) is 35.1 Å². The average molecular weight is 443 g/mol. The van der Waals surface area contributed by atoms with Crippen LogP contribution in [0.2, 0.25) is 0 Å². The second kappa shape index (κ2) is 8.70. The fraction of sp³-hybridized carbons (Fsp3) is 0.273. The van der Waals surface area contributed by atoms with Crippen molar-refractivity contribution in [3.05, 3.63) is 60.7 Å². The maximum Gasteiger partial charge on any atom is 0.241 e. The summed E-state index contributed by atoms with van der Waals surface area (Å²) in [6.45, 7) is 0. The van der Waals surface area contributed by atoms with Crippen molar-refractivity contribution in [3.8, 4) is 22.3 Å². The Hall–Kier alpha value is -2.88. The third-order valence-corrected chi connectivity index (χ3v) is 7.04. The third kappa shape index (κ3) is 4.73. The van der Waals surface area contributed by atoms with Gasteiger partial charge in [-0.1, -0.05) is 30.3 Å². The topological polar surface area (TPSA) is 118 Å². The van der Waals surface area contributed by atoms with Crippen molar-refractivity contribution >= 4 is 16.0 Å². The van der Waals surface area contributed by atoms with Gasteiger partial charge in [0.05, 0.1) is 11.0 Å². The molecular weight excluding hydrogens is 419 g/mol. The Morgan fingerprint density at radius 1 is 0.968 bits per heavy atom. The van der Waals surface area contributed by atoms with Crippen molar-refractivity contribution in [2.24, 2.45) is 0 Å². The molecule has 4 N–H and O–H groups in total. The highest BCUT2D eigenvalue weighted by Gasteiger charge is 2.26. The Kier molecular flexibility index (Phi) is 5.99. The van der Waals surface area contributed by atoms with Gasteiger partial charge in [0.15, 0.2) is 0 Å². The fourth-order valence-electron chi connectivity index (χ4n) is 3.81. The van der Waals surface area contributed by atoms with E-state index in [9.17, 15) is 17.9 Å². The first-order valence-electron chi connectivity index (χ1n) is 10.0. The molecule has 0 spiro atoms. The summed E-state index contributed by atoms with van der Waals surface area (Å²) in [6, 6.07) is 10.8. The number of sulfonamides is 1. The number of rotatable bonds is 5. The standard InChI is InChI=1S/C22H23FN4O3S/c23-20-11-14(5-10-18(20)15-12-25-22(24)26-13-15)19-3-1-2-4-21(19)31(29,30)27-16-6-8-17(28)9-7-16/h1-5,10-13,16-17,27-28H,6-9H2,(H2,24,25,26). The van der Waals surface area contributed by atoms with E-state index in [1.807, 2.05) is 0 Å². The lowest BCUT2D eigenvalue weighted by Gasteiger charge is -2.26. The van der Waals surface area contributed by atoms with E-state index in [1.54, 1.807) is 30.3 Å². The zero-order valence-electron chi connectivity index (χ0n) is 16.7. The molecular formula is C22H23FN4O3S. The van der Waals surface area contributed by atoms with Crippen molar-refractivity contribution < 1.29 is 17.9 Å². The minimum absolute atomic E-state index is 0.0871. The Bertz CT molecular complexity index is 1180. The smallest absolute Gasteiger partial charge is 0.241 e. The lowest BCUT2D eigenvalue weighted by atomic mass is 9.94. The Balaban J connectivity index is 1.65. The predicted octanol–water partition coefficient (Wildman–Crippen LogP) is 3.11. The van der Waals surface area contributed by atoms with E-state index in [2.05, 4.69) is 14.7 Å². The molecule has 1 aliphatic rings. The summed E-state index contributed by atoms with van der Waals surface area (Å²) in [5, 5.41) is 9.65. The second-order valence-electron chi connectivity index (χ2n) is 7.65. The molecule has 3 aromatic rings. The summed E-state index contributed by atoms with van der Waals surface area (Å²) in [7, 11) is -3.82. The molecule has 0 atom stereocenters. The average Bonchev–Trinajstić information content (AvgIpc) is 2.76. The second-order valence-corrected chi connectivity index (χ2v) is 9.33. The summed E-state index contributed by atoms with van der Waals surface area (Å²) >= 11 is 0. The lowest BCUT2D eigenvalue weighted by Crippen LogP contribution is -2.38. The quantitative estimate of drug-likeness (QED) is 0.559. The first kappa shape index (κ1) is 21.4. The molecule has 9 heteroatoms. The largest absolute Gasteiger partial charge is 0.393 e. The lowest BCUT2D eigenvalue weighted by molar-refractivity contribution is 0.120. The number of aliphatic hydroxyl groups is 1. The number of nitrogen functional groups attached to an aromatic ring is 1. The van der Waals surface area contributed by atoms with E-state index in [0.717, 1.165) is 0 Å². The monoisotopic (exact) mass is 442 g/mol. The summed E-state index contributed by atoms with van der Waals surface area (Å²) in [4.78, 5) is 7.85. The number of hydrogen-bond donors (Lipinski definition) is 3. The number of nitrogens with zero attached hydrogens (tertiary/aromatic N) is 2. The van der Waals surface area contributed by atoms with E-state index in [4.69, 9.17) is 5.73 Å². The van der Waals surface area contributed by atoms with E-state index in [1.165, 1.54) is 24.5 Å². The van der Waals surface area contributed by atoms with Crippen molar-refractivity contribution in [2.75, 3.05) is 5.73 Å². The van der Waals surface area contributed by atoms with E-state index < -0.39 is 15.8 Å². The van der Waals surface area contributed by atoms with Gasteiger partial charge in [0.25, 0.3) is 0 Å². The molecule has 4 rings (SSSR count). The van der Waals surface area contributed by atoms with Crippen LogP contribution in [0.25, 0.3) is 22.3 Å². The SMILES string of the molecule is Nc1ncc(-c2ccc(-c3ccccc3S(=O)(=O)NC3CCC(O)CC3)cc2F)cn1. The van der Waals surface area contributed by atoms with Gasteiger partial charge in [-0.15, -0.1) is 0 Å². The number of aliphatic hydroxyl groups excluding tert-OH is 1. The normalized spacial score (nSPS) is 19.3. The first-order chi connectivity index (χ1) is 14.8. The van der Waals surface area contributed by atoms with Crippen LogP contribution in [-0.2, 0) is 10.0 Å². The zero-order valence-corrected chi connectivity index (χ0v) is 17.5. The van der Waals surface area contributed by atoms with Crippen LogP contribution in [0.1, 0.15) is 25.7 Å². The molecule has 1 aromatic heterocycles. The number of halogens is 1. The van der Waals surface area contributed by atoms with Crippen molar-refractivity contribution in [1.29, 1.82) is 0 Å². The molecule has 0 aliphatic heterocycles. The van der Waals surface area contributed by atoms with Crippen LogP contribution in [-0.4, -0.2) is 35.6 Å². The van der Waals surface area contributed by atoms with Crippen molar-refractivity contribution in [3.63, 3.8) is 0 Å². The summed E-state index contributed by atoms with van der Waals surface area (Å²) in [5.74, 6) is -0.424. The molecule has 0 radical (unpaired) electrons. The highest BCUT2D eigenvalue weighted by molar-refractivity contribution is 7.89. The summed E-state index contributed by atoms with van der Waals surface area (Å²) < 4.78 is 43.8. The number of aromatic nitrogens is 2. The van der Waals surface area contributed by atoms with Crippen LogP contribution < -0.4 is 10.5 Å². The molecule has 0 unspecified atom stereocenters. The Morgan fingerprint density at radius 2 is 1.65 bits per heavy atom. The van der Waals surface area contributed by atoms with Gasteiger partial charge in [-0.3, -0.25) is 0 Å². The van der Waals surface area contributed by atoms with Crippen LogP contribution in [0, 0.1) is 5.82 Å². The van der Waals surface area contributed by atoms with Crippen molar-refractivity contribution in [2.45, 2.75) is 42.7 Å². The molecule has 1 heterocycles. The Labute approximate surface area is 180 Å². The van der Waals surface area contributed by atoms with Gasteiger partial charge in [-0.2, -0.15) is 0 Å². The summed E-state index contributed by atoms with van der Waals surface area (Å²) in [6.07, 6.45) is 4.78. The van der Waals surface area contributed by atoms with E-state index in [0.29, 0.717) is 47.9 Å². The highest BCUT2D eigenvalue weighted by atomic mass is 32.2. The van der Waals surface area contributed by atoms with Gasteiger partial charge in [0.1, 0.15) is 5.82 Å². The number of nitrogens with two attached hydrogens (primary N) is 1. The van der Waals surface area contributed by atoms with Gasteiger partial charge < -0.3 is 10.8 Å². The zero-order chi connectivity index (χ0) is 22.0. The molecule has 1 aliphatic carbocycles. The first-order valence-corrected chi connectivity index (χ1v) is 11.5. The molecule has 0 amide bonds. The molecule has 1 fully saturated rings. The van der Waals surface area contributed by atoms with Crippen LogP contribution in [0.4, 0.5) is 10.3 Å². The minimum Gasteiger partial charge on any atom is -0.393 e. The van der Waals surface area contributed by atoms with Gasteiger partial charge in [0.2, 0.25) is 16.0 Å². The van der Waals surface area contributed by atoms with Crippen LogP contribution >= 0.6 is 0 Å². The molecule has 162 valence electrons. The van der Waals surface area contributed by atoms with Gasteiger partial charge in [-0.25, -0.2) is 27.5 Å². The van der Waals surface area contributed by atoms with Crippen LogP contribution in [0.5, 0.6) is 0 Å². The number of nitrogens with one attached hydrogen (secondary N) is 1. The maximum atomic E-state index is 14.9. The Morgan fingerprint density at radius 3 is 2.32 bits per heavy atom. The molecule has 31 heavy (non-hydrogen) atoms. The van der Waals surface area contributed by atoms with Crippen LogP contribution in [0.3, 0.4) is 0 Å². The maximum absolute atomic E-state index is 14.9. The third-order valence-electron chi connectivity index (χ3n) is 5.46. The molecule has 0 bridgehead atoms. The number of anilines is 1. The predicted molar refractivity (Wildman–Crippen MR) is 116 cm³/mol. The number of benzene rings is 2. The van der Waals surface area contributed by atoms with Crippen molar-refractivity contribution in [1.82, 2.24) is 14.7 Å². The molecule has 1 saturated carbocycles. The van der Waals surface area contributed by atoms with Gasteiger partial charge >= 0.3 is 0 Å². The molecule has 7 nitrogen and oxygen atoms in total. The minimum atomic E-state index is -3.82. The molecule has 0 saturated heterocycles. The summed E-state index contributed by atoms with van der Waals surface area (Å²) in [5.41, 5.74) is 7.10. The van der Waals surface area contributed by atoms with Gasteiger partial charge in [-0.05, 0) is 43.4 Å².